The van der Waals surface area contributed by atoms with Crippen LogP contribution in [0.15, 0.2) is 12.5 Å². The zero-order chi connectivity index (χ0) is 9.26. The van der Waals surface area contributed by atoms with Gasteiger partial charge in [0.15, 0.2) is 0 Å². The standard InChI is InChI=1S/C9H15N3S/c1-3-12-6-10-5-8(12)9-11-4-7(2)13-9/h5-7,9,11H,3-4H2,1-2H3. The Hall–Kier alpha value is -0.480. The van der Waals surface area contributed by atoms with E-state index in [4.69, 9.17) is 0 Å². The number of aromatic nitrogens is 2. The van der Waals surface area contributed by atoms with Crippen molar-refractivity contribution in [1.82, 2.24) is 14.9 Å². The predicted octanol–water partition coefficient (Wildman–Crippen LogP) is 1.63. The fraction of sp³-hybridized carbons (Fsp3) is 0.667. The van der Waals surface area contributed by atoms with Gasteiger partial charge in [-0.15, -0.1) is 11.8 Å². The third-order valence-corrected chi connectivity index (χ3v) is 3.62. The van der Waals surface area contributed by atoms with Crippen molar-refractivity contribution in [2.24, 2.45) is 0 Å². The summed E-state index contributed by atoms with van der Waals surface area (Å²) in [5.74, 6) is 0. The van der Waals surface area contributed by atoms with Gasteiger partial charge >= 0.3 is 0 Å². The second-order valence-electron chi connectivity index (χ2n) is 3.34. The molecule has 4 heteroatoms. The van der Waals surface area contributed by atoms with Crippen molar-refractivity contribution in [3.05, 3.63) is 18.2 Å². The molecule has 0 amide bonds. The van der Waals surface area contributed by atoms with Crippen LogP contribution >= 0.6 is 11.8 Å². The molecule has 0 saturated carbocycles. The summed E-state index contributed by atoms with van der Waals surface area (Å²) in [5.41, 5.74) is 1.30. The van der Waals surface area contributed by atoms with Crippen LogP contribution in [0.1, 0.15) is 24.9 Å². The SMILES string of the molecule is CCn1cncc1C1NCC(C)S1. The largest absolute Gasteiger partial charge is 0.333 e. The molecule has 0 spiro atoms. The smallest absolute Gasteiger partial charge is 0.0961 e. The van der Waals surface area contributed by atoms with E-state index in [0.29, 0.717) is 10.6 Å². The van der Waals surface area contributed by atoms with Crippen LogP contribution in [0, 0.1) is 0 Å². The first-order valence-electron chi connectivity index (χ1n) is 4.70. The van der Waals surface area contributed by atoms with E-state index in [9.17, 15) is 0 Å². The molecule has 0 aliphatic carbocycles. The molecule has 1 aliphatic rings. The van der Waals surface area contributed by atoms with Crippen LogP contribution in [0.25, 0.3) is 0 Å². The Kier molecular flexibility index (Phi) is 2.60. The van der Waals surface area contributed by atoms with Gasteiger partial charge < -0.3 is 4.57 Å². The maximum atomic E-state index is 4.17. The van der Waals surface area contributed by atoms with Gasteiger partial charge in [0.05, 0.1) is 23.6 Å². The van der Waals surface area contributed by atoms with E-state index < -0.39 is 0 Å². The Morgan fingerprint density at radius 1 is 1.77 bits per heavy atom. The first-order chi connectivity index (χ1) is 6.31. The number of nitrogens with zero attached hydrogens (tertiary/aromatic N) is 2. The summed E-state index contributed by atoms with van der Waals surface area (Å²) in [7, 11) is 0. The molecule has 2 heterocycles. The van der Waals surface area contributed by atoms with Crippen LogP contribution in [0.3, 0.4) is 0 Å². The van der Waals surface area contributed by atoms with Crippen LogP contribution in [0.5, 0.6) is 0 Å². The van der Waals surface area contributed by atoms with Crippen LogP contribution in [-0.4, -0.2) is 21.3 Å². The average molecular weight is 197 g/mol. The van der Waals surface area contributed by atoms with Gasteiger partial charge in [0, 0.05) is 18.3 Å². The Bertz CT molecular complexity index is 284. The van der Waals surface area contributed by atoms with E-state index in [-0.39, 0.29) is 0 Å². The van der Waals surface area contributed by atoms with Crippen molar-refractivity contribution in [3.63, 3.8) is 0 Å². The third-order valence-electron chi connectivity index (χ3n) is 2.31. The van der Waals surface area contributed by atoms with Gasteiger partial charge in [0.2, 0.25) is 0 Å². The van der Waals surface area contributed by atoms with Gasteiger partial charge in [-0.1, -0.05) is 6.92 Å². The normalized spacial score (nSPS) is 28.2. The molecule has 0 bridgehead atoms. The van der Waals surface area contributed by atoms with Gasteiger partial charge in [-0.25, -0.2) is 4.98 Å². The Morgan fingerprint density at radius 3 is 3.23 bits per heavy atom. The summed E-state index contributed by atoms with van der Waals surface area (Å²) < 4.78 is 2.20. The third kappa shape index (κ3) is 1.74. The lowest BCUT2D eigenvalue weighted by Gasteiger charge is -2.11. The Labute approximate surface area is 82.9 Å². The first-order valence-corrected chi connectivity index (χ1v) is 5.64. The van der Waals surface area contributed by atoms with Gasteiger partial charge in [-0.2, -0.15) is 0 Å². The topological polar surface area (TPSA) is 29.9 Å². The van der Waals surface area contributed by atoms with E-state index in [1.807, 2.05) is 24.3 Å². The van der Waals surface area contributed by atoms with Crippen LogP contribution in [0.4, 0.5) is 0 Å². The van der Waals surface area contributed by atoms with Crippen molar-refractivity contribution in [2.45, 2.75) is 31.0 Å². The molecule has 2 rings (SSSR count). The number of hydrogen-bond donors (Lipinski definition) is 1. The van der Waals surface area contributed by atoms with E-state index in [1.54, 1.807) is 0 Å². The van der Waals surface area contributed by atoms with Crippen molar-refractivity contribution in [1.29, 1.82) is 0 Å². The second kappa shape index (κ2) is 3.72. The van der Waals surface area contributed by atoms with E-state index in [2.05, 4.69) is 28.7 Å². The fourth-order valence-corrected chi connectivity index (χ4v) is 2.77. The fourth-order valence-electron chi connectivity index (χ4n) is 1.59. The highest BCUT2D eigenvalue weighted by Gasteiger charge is 2.24. The molecule has 1 aromatic heterocycles. The molecule has 1 aliphatic heterocycles. The minimum atomic E-state index is 0.442. The summed E-state index contributed by atoms with van der Waals surface area (Å²) in [5, 5.41) is 4.64. The molecule has 3 nitrogen and oxygen atoms in total. The highest BCUT2D eigenvalue weighted by Crippen LogP contribution is 2.34. The molecule has 2 atom stereocenters. The lowest BCUT2D eigenvalue weighted by Crippen LogP contribution is -2.16. The van der Waals surface area contributed by atoms with Crippen LogP contribution in [0.2, 0.25) is 0 Å². The van der Waals surface area contributed by atoms with Gasteiger partial charge in [-0.05, 0) is 6.92 Å². The molecule has 13 heavy (non-hydrogen) atoms. The van der Waals surface area contributed by atoms with Gasteiger partial charge in [0.1, 0.15) is 0 Å². The number of hydrogen-bond acceptors (Lipinski definition) is 3. The zero-order valence-corrected chi connectivity index (χ0v) is 8.84. The molecule has 1 N–H and O–H groups in total. The highest BCUT2D eigenvalue weighted by atomic mass is 32.2. The summed E-state index contributed by atoms with van der Waals surface area (Å²) in [6.07, 6.45) is 3.87. The zero-order valence-electron chi connectivity index (χ0n) is 8.03. The molecule has 1 aromatic rings. The first kappa shape index (κ1) is 9.09. The van der Waals surface area contributed by atoms with Gasteiger partial charge in [-0.3, -0.25) is 5.32 Å². The summed E-state index contributed by atoms with van der Waals surface area (Å²) in [6, 6.07) is 0. The molecular formula is C9H15N3S. The van der Waals surface area contributed by atoms with Crippen molar-refractivity contribution < 1.29 is 0 Å². The monoisotopic (exact) mass is 197 g/mol. The van der Waals surface area contributed by atoms with Crippen molar-refractivity contribution in [3.8, 4) is 0 Å². The summed E-state index contributed by atoms with van der Waals surface area (Å²) in [6.45, 7) is 6.51. The minimum absolute atomic E-state index is 0.442. The number of imidazole rings is 1. The Morgan fingerprint density at radius 2 is 2.62 bits per heavy atom. The second-order valence-corrected chi connectivity index (χ2v) is 4.89. The van der Waals surface area contributed by atoms with Crippen molar-refractivity contribution in [2.75, 3.05) is 6.54 Å². The van der Waals surface area contributed by atoms with E-state index in [0.717, 1.165) is 13.1 Å². The molecule has 1 fully saturated rings. The maximum absolute atomic E-state index is 4.17. The van der Waals surface area contributed by atoms with E-state index >= 15 is 0 Å². The van der Waals surface area contributed by atoms with Crippen LogP contribution < -0.4 is 5.32 Å². The number of rotatable bonds is 2. The lowest BCUT2D eigenvalue weighted by molar-refractivity contribution is 0.644. The minimum Gasteiger partial charge on any atom is -0.333 e. The maximum Gasteiger partial charge on any atom is 0.0961 e. The molecule has 0 radical (unpaired) electrons. The summed E-state index contributed by atoms with van der Waals surface area (Å²) in [4.78, 5) is 4.17. The summed E-state index contributed by atoms with van der Waals surface area (Å²) >= 11 is 1.98. The quantitative estimate of drug-likeness (QED) is 0.781. The number of aryl methyl sites for hydroxylation is 1. The van der Waals surface area contributed by atoms with E-state index in [1.165, 1.54) is 5.69 Å². The number of thioether (sulfide) groups is 1. The van der Waals surface area contributed by atoms with Crippen molar-refractivity contribution >= 4 is 11.8 Å². The predicted molar refractivity (Wildman–Crippen MR) is 55.7 cm³/mol. The highest BCUT2D eigenvalue weighted by molar-refractivity contribution is 8.00. The molecule has 0 aromatic carbocycles. The molecule has 1 saturated heterocycles. The Balaban J connectivity index is 2.16. The molecule has 72 valence electrons. The van der Waals surface area contributed by atoms with Gasteiger partial charge in [0.25, 0.3) is 0 Å². The molecule has 2 unspecified atom stereocenters. The average Bonchev–Trinajstić information content (AvgIpc) is 2.71. The number of nitrogens with one attached hydrogen (secondary N) is 1. The van der Waals surface area contributed by atoms with Crippen LogP contribution in [-0.2, 0) is 6.54 Å². The molecular weight excluding hydrogens is 182 g/mol. The lowest BCUT2D eigenvalue weighted by atomic mass is 10.4.